The minimum absolute atomic E-state index is 0.000927. The van der Waals surface area contributed by atoms with Crippen molar-refractivity contribution >= 4 is 11.8 Å². The normalized spacial score (nSPS) is 25.7. The minimum Gasteiger partial charge on any atom is -0.339 e. The van der Waals surface area contributed by atoms with E-state index < -0.39 is 6.04 Å². The van der Waals surface area contributed by atoms with Gasteiger partial charge in [-0.15, -0.1) is 0 Å². The molecule has 2 fully saturated rings. The summed E-state index contributed by atoms with van der Waals surface area (Å²) < 4.78 is 0. The molecule has 2 atom stereocenters. The Morgan fingerprint density at radius 1 is 1.28 bits per heavy atom. The van der Waals surface area contributed by atoms with E-state index in [1.165, 1.54) is 0 Å². The number of amides is 2. The second-order valence-corrected chi connectivity index (χ2v) is 5.53. The average molecular weight is 253 g/mol. The van der Waals surface area contributed by atoms with Crippen LogP contribution in [0.1, 0.15) is 39.5 Å². The van der Waals surface area contributed by atoms with E-state index in [-0.39, 0.29) is 17.9 Å². The first kappa shape index (κ1) is 13.3. The van der Waals surface area contributed by atoms with E-state index in [0.29, 0.717) is 12.6 Å². The first-order valence-corrected chi connectivity index (χ1v) is 6.84. The summed E-state index contributed by atoms with van der Waals surface area (Å²) in [7, 11) is 0. The predicted molar refractivity (Wildman–Crippen MR) is 68.8 cm³/mol. The molecule has 2 N–H and O–H groups in total. The zero-order valence-corrected chi connectivity index (χ0v) is 11.3. The van der Waals surface area contributed by atoms with Gasteiger partial charge in [-0.05, 0) is 32.6 Å². The average Bonchev–Trinajstić information content (AvgIpc) is 3.12. The monoisotopic (exact) mass is 253 g/mol. The Balaban J connectivity index is 2.01. The van der Waals surface area contributed by atoms with Gasteiger partial charge < -0.3 is 15.5 Å². The maximum Gasteiger partial charge on any atom is 0.239 e. The summed E-state index contributed by atoms with van der Waals surface area (Å²) in [4.78, 5) is 27.5. The highest BCUT2D eigenvalue weighted by atomic mass is 16.2. The van der Waals surface area contributed by atoms with E-state index in [1.54, 1.807) is 13.8 Å². The van der Waals surface area contributed by atoms with E-state index in [9.17, 15) is 9.59 Å². The molecular weight excluding hydrogens is 230 g/mol. The fourth-order valence-corrected chi connectivity index (χ4v) is 2.84. The molecule has 0 radical (unpaired) electrons. The topological polar surface area (TPSA) is 66.6 Å². The van der Waals surface area contributed by atoms with Gasteiger partial charge >= 0.3 is 0 Å². The van der Waals surface area contributed by atoms with Gasteiger partial charge in [0.05, 0.1) is 6.04 Å². The largest absolute Gasteiger partial charge is 0.339 e. The Kier molecular flexibility index (Phi) is 3.90. The van der Waals surface area contributed by atoms with Crippen LogP contribution in [-0.4, -0.2) is 52.8 Å². The van der Waals surface area contributed by atoms with Crippen molar-refractivity contribution in [1.82, 2.24) is 9.80 Å². The quantitative estimate of drug-likeness (QED) is 0.788. The van der Waals surface area contributed by atoms with Gasteiger partial charge in [0.25, 0.3) is 0 Å². The van der Waals surface area contributed by atoms with Gasteiger partial charge in [0, 0.05) is 32.1 Å². The van der Waals surface area contributed by atoms with Gasteiger partial charge in [0.1, 0.15) is 0 Å². The lowest BCUT2D eigenvalue weighted by molar-refractivity contribution is -0.139. The molecule has 1 saturated heterocycles. The number of nitrogens with zero attached hydrogens (tertiary/aromatic N) is 2. The fourth-order valence-electron chi connectivity index (χ4n) is 2.84. The van der Waals surface area contributed by atoms with Gasteiger partial charge in [0.15, 0.2) is 0 Å². The van der Waals surface area contributed by atoms with Crippen LogP contribution in [0.5, 0.6) is 0 Å². The third kappa shape index (κ3) is 2.83. The number of piperidine rings is 1. The number of carbonyl (C=O) groups excluding carboxylic acids is 2. The van der Waals surface area contributed by atoms with Crippen molar-refractivity contribution in [3.8, 4) is 0 Å². The second-order valence-electron chi connectivity index (χ2n) is 5.53. The minimum atomic E-state index is -0.449. The highest BCUT2D eigenvalue weighted by Crippen LogP contribution is 2.31. The van der Waals surface area contributed by atoms with E-state index in [1.807, 2.05) is 9.80 Å². The van der Waals surface area contributed by atoms with E-state index >= 15 is 0 Å². The van der Waals surface area contributed by atoms with E-state index in [4.69, 9.17) is 5.73 Å². The third-order valence-electron chi connectivity index (χ3n) is 3.79. The van der Waals surface area contributed by atoms with Crippen LogP contribution >= 0.6 is 0 Å². The summed E-state index contributed by atoms with van der Waals surface area (Å²) in [6.45, 7) is 4.77. The van der Waals surface area contributed by atoms with Crippen molar-refractivity contribution in [2.75, 3.05) is 13.1 Å². The Morgan fingerprint density at radius 2 is 1.94 bits per heavy atom. The first-order chi connectivity index (χ1) is 8.50. The van der Waals surface area contributed by atoms with Crippen LogP contribution in [0.2, 0.25) is 0 Å². The number of hydrogen-bond donors (Lipinski definition) is 1. The highest BCUT2D eigenvalue weighted by molar-refractivity contribution is 5.81. The Labute approximate surface area is 108 Å². The van der Waals surface area contributed by atoms with Crippen LogP contribution in [0.3, 0.4) is 0 Å². The Bertz CT molecular complexity index is 339. The molecule has 0 unspecified atom stereocenters. The van der Waals surface area contributed by atoms with Gasteiger partial charge in [-0.1, -0.05) is 0 Å². The van der Waals surface area contributed by atoms with Gasteiger partial charge in [-0.3, -0.25) is 9.59 Å². The molecule has 1 aliphatic heterocycles. The number of nitrogens with two attached hydrogens (primary N) is 1. The molecule has 1 aliphatic carbocycles. The molecule has 0 aromatic carbocycles. The molecule has 0 aromatic heterocycles. The molecule has 18 heavy (non-hydrogen) atoms. The van der Waals surface area contributed by atoms with Crippen LogP contribution in [0.25, 0.3) is 0 Å². The van der Waals surface area contributed by atoms with Crippen LogP contribution in [0.15, 0.2) is 0 Å². The Morgan fingerprint density at radius 3 is 2.44 bits per heavy atom. The molecule has 2 amide bonds. The standard InChI is InChI=1S/C13H23N3O2/c1-9(14)13(18)15-7-3-4-12(8-15)16(10(2)17)11-5-6-11/h9,11-12H,3-8,14H2,1-2H3/t9-,12+/m0/s1. The fraction of sp³-hybridized carbons (Fsp3) is 0.846. The third-order valence-corrected chi connectivity index (χ3v) is 3.79. The zero-order chi connectivity index (χ0) is 13.3. The second kappa shape index (κ2) is 5.26. The smallest absolute Gasteiger partial charge is 0.239 e. The maximum absolute atomic E-state index is 11.9. The molecule has 1 heterocycles. The van der Waals surface area contributed by atoms with Crippen LogP contribution in [0, 0.1) is 0 Å². The lowest BCUT2D eigenvalue weighted by Gasteiger charge is -2.39. The predicted octanol–water partition coefficient (Wildman–Crippen LogP) is 0.336. The van der Waals surface area contributed by atoms with Crippen LogP contribution < -0.4 is 5.73 Å². The van der Waals surface area contributed by atoms with E-state index in [0.717, 1.165) is 32.2 Å². The summed E-state index contributed by atoms with van der Waals surface area (Å²) in [5.74, 6) is 0.136. The van der Waals surface area contributed by atoms with Crippen LogP contribution in [-0.2, 0) is 9.59 Å². The molecule has 0 bridgehead atoms. The van der Waals surface area contributed by atoms with Crippen LogP contribution in [0.4, 0.5) is 0 Å². The Hall–Kier alpha value is -1.10. The number of rotatable bonds is 3. The summed E-state index contributed by atoms with van der Waals surface area (Å²) in [5, 5.41) is 0. The number of likely N-dealkylation sites (tertiary alicyclic amines) is 1. The van der Waals surface area contributed by atoms with Crippen molar-refractivity contribution in [2.24, 2.45) is 5.73 Å². The summed E-state index contributed by atoms with van der Waals surface area (Å²) in [6, 6.07) is 0.153. The van der Waals surface area contributed by atoms with Crippen molar-refractivity contribution in [3.05, 3.63) is 0 Å². The summed E-state index contributed by atoms with van der Waals surface area (Å²) in [6.07, 6.45) is 4.17. The van der Waals surface area contributed by atoms with Crippen molar-refractivity contribution < 1.29 is 9.59 Å². The SMILES string of the molecule is CC(=O)N(C1CC1)[C@@H]1CCCN(C(=O)[C@H](C)N)C1. The van der Waals surface area contributed by atoms with Crippen molar-refractivity contribution in [1.29, 1.82) is 0 Å². The molecular formula is C13H23N3O2. The molecule has 5 nitrogen and oxygen atoms in total. The maximum atomic E-state index is 11.9. The molecule has 2 rings (SSSR count). The van der Waals surface area contributed by atoms with Crippen molar-refractivity contribution in [3.63, 3.8) is 0 Å². The molecule has 0 aromatic rings. The lowest BCUT2D eigenvalue weighted by atomic mass is 10.0. The molecule has 5 heteroatoms. The van der Waals surface area contributed by atoms with Gasteiger partial charge in [0.2, 0.25) is 11.8 Å². The lowest BCUT2D eigenvalue weighted by Crippen LogP contribution is -2.54. The summed E-state index contributed by atoms with van der Waals surface area (Å²) in [5.41, 5.74) is 5.65. The molecule has 2 aliphatic rings. The first-order valence-electron chi connectivity index (χ1n) is 6.84. The zero-order valence-electron chi connectivity index (χ0n) is 11.3. The molecule has 1 saturated carbocycles. The number of carbonyl (C=O) groups is 2. The number of hydrogen-bond acceptors (Lipinski definition) is 3. The molecule has 102 valence electrons. The van der Waals surface area contributed by atoms with Gasteiger partial charge in [-0.25, -0.2) is 0 Å². The van der Waals surface area contributed by atoms with E-state index in [2.05, 4.69) is 0 Å². The highest BCUT2D eigenvalue weighted by Gasteiger charge is 2.38. The molecule has 0 spiro atoms. The summed E-state index contributed by atoms with van der Waals surface area (Å²) >= 11 is 0. The van der Waals surface area contributed by atoms with Crippen molar-refractivity contribution in [2.45, 2.75) is 57.7 Å². The van der Waals surface area contributed by atoms with Gasteiger partial charge in [-0.2, -0.15) is 0 Å².